The lowest BCUT2D eigenvalue weighted by Crippen LogP contribution is -2.19. The molecule has 7 heteroatoms. The van der Waals surface area contributed by atoms with E-state index >= 15 is 0 Å². The molecule has 0 aromatic heterocycles. The maximum Gasteiger partial charge on any atom is 0.422 e. The molecule has 0 N–H and O–H groups in total. The largest absolute Gasteiger partial charge is 0.482 e. The van der Waals surface area contributed by atoms with E-state index in [1.54, 1.807) is 12.1 Å². The third-order valence-corrected chi connectivity index (χ3v) is 5.79. The fraction of sp³-hybridized carbons (Fsp3) is 0.480. The average molecular weight is 469 g/mol. The molecule has 2 aromatic carbocycles. The van der Waals surface area contributed by atoms with Gasteiger partial charge >= 0.3 is 12.1 Å². The highest BCUT2D eigenvalue weighted by Gasteiger charge is 2.42. The first-order valence-electron chi connectivity index (χ1n) is 10.9. The standard InChI is InChI=1S/C25H28ClF3O3/c1-4-5-6-23(30)32-22-13-19(22)18-11-20(17-9-7-16(8-10-17)15(2)3)24(21(26)12-18)31-14-25(27,28)29/h7-12,15,19,22H,4-6,13-14H2,1-3H3. The van der Waals surface area contributed by atoms with Gasteiger partial charge < -0.3 is 9.47 Å². The summed E-state index contributed by atoms with van der Waals surface area (Å²) in [6.07, 6.45) is -1.95. The van der Waals surface area contributed by atoms with Crippen LogP contribution in [0.2, 0.25) is 5.02 Å². The first-order valence-corrected chi connectivity index (χ1v) is 11.3. The quantitative estimate of drug-likeness (QED) is 0.354. The van der Waals surface area contributed by atoms with Gasteiger partial charge in [-0.15, -0.1) is 0 Å². The smallest absolute Gasteiger partial charge is 0.422 e. The minimum atomic E-state index is -4.48. The van der Waals surface area contributed by atoms with Gasteiger partial charge in [0.1, 0.15) is 11.9 Å². The van der Waals surface area contributed by atoms with Crippen molar-refractivity contribution in [3.05, 3.63) is 52.5 Å². The van der Waals surface area contributed by atoms with E-state index in [0.717, 1.165) is 24.0 Å². The van der Waals surface area contributed by atoms with Crippen LogP contribution in [0.5, 0.6) is 5.75 Å². The van der Waals surface area contributed by atoms with Gasteiger partial charge in [0, 0.05) is 17.9 Å². The van der Waals surface area contributed by atoms with Crippen LogP contribution in [-0.4, -0.2) is 24.9 Å². The van der Waals surface area contributed by atoms with Crippen LogP contribution >= 0.6 is 11.6 Å². The van der Waals surface area contributed by atoms with Crippen LogP contribution in [0, 0.1) is 0 Å². The average Bonchev–Trinajstić information content (AvgIpc) is 3.49. The summed E-state index contributed by atoms with van der Waals surface area (Å²) in [5, 5.41) is 0.109. The van der Waals surface area contributed by atoms with Gasteiger partial charge in [0.25, 0.3) is 0 Å². The third-order valence-electron chi connectivity index (χ3n) is 5.51. The second-order valence-corrected chi connectivity index (χ2v) is 8.94. The number of carbonyl (C=O) groups is 1. The number of alkyl halides is 3. The third kappa shape index (κ3) is 6.41. The summed E-state index contributed by atoms with van der Waals surface area (Å²) >= 11 is 6.39. The summed E-state index contributed by atoms with van der Waals surface area (Å²) in [6.45, 7) is 4.72. The molecule has 174 valence electrons. The number of benzene rings is 2. The molecule has 2 aromatic rings. The molecule has 1 aliphatic carbocycles. The lowest BCUT2D eigenvalue weighted by molar-refractivity contribution is -0.153. The van der Waals surface area contributed by atoms with Crippen molar-refractivity contribution in [3.8, 4) is 16.9 Å². The lowest BCUT2D eigenvalue weighted by atomic mass is 9.96. The molecule has 0 heterocycles. The van der Waals surface area contributed by atoms with Gasteiger partial charge in [-0.05, 0) is 47.6 Å². The fourth-order valence-electron chi connectivity index (χ4n) is 3.59. The SMILES string of the molecule is CCCCC(=O)OC1CC1c1cc(Cl)c(OCC(F)(F)F)c(-c2ccc(C(C)C)cc2)c1. The molecule has 2 unspecified atom stereocenters. The van der Waals surface area contributed by atoms with Crippen LogP contribution in [0.25, 0.3) is 11.1 Å². The van der Waals surface area contributed by atoms with Gasteiger partial charge in [-0.2, -0.15) is 13.2 Å². The Morgan fingerprint density at radius 2 is 1.88 bits per heavy atom. The van der Waals surface area contributed by atoms with Crippen molar-refractivity contribution < 1.29 is 27.4 Å². The summed E-state index contributed by atoms with van der Waals surface area (Å²) in [4.78, 5) is 11.9. The molecule has 0 aliphatic heterocycles. The van der Waals surface area contributed by atoms with Crippen LogP contribution in [0.1, 0.15) is 69.4 Å². The Hall–Kier alpha value is -2.21. The van der Waals surface area contributed by atoms with Crippen LogP contribution in [0.4, 0.5) is 13.2 Å². The molecule has 0 amide bonds. The minimum Gasteiger partial charge on any atom is -0.482 e. The molecule has 3 nitrogen and oxygen atoms in total. The molecule has 0 spiro atoms. The molecule has 3 rings (SSSR count). The molecular formula is C25H28ClF3O3. The van der Waals surface area contributed by atoms with E-state index in [1.807, 2.05) is 31.2 Å². The van der Waals surface area contributed by atoms with Crippen LogP contribution < -0.4 is 4.74 Å². The van der Waals surface area contributed by atoms with E-state index in [1.165, 1.54) is 0 Å². The normalized spacial score (nSPS) is 18.0. The predicted octanol–water partition coefficient (Wildman–Crippen LogP) is 7.66. The summed E-state index contributed by atoms with van der Waals surface area (Å²) in [5.41, 5.74) is 3.16. The summed E-state index contributed by atoms with van der Waals surface area (Å²) in [6, 6.07) is 11.0. The van der Waals surface area contributed by atoms with Crippen molar-refractivity contribution in [2.24, 2.45) is 0 Å². The van der Waals surface area contributed by atoms with Crippen molar-refractivity contribution in [2.45, 2.75) is 70.6 Å². The molecule has 1 saturated carbocycles. The molecule has 32 heavy (non-hydrogen) atoms. The Kier molecular flexibility index (Phi) is 7.75. The number of unbranched alkanes of at least 4 members (excludes halogenated alkanes) is 1. The lowest BCUT2D eigenvalue weighted by Gasteiger charge is -2.17. The van der Waals surface area contributed by atoms with Gasteiger partial charge in [0.15, 0.2) is 6.61 Å². The van der Waals surface area contributed by atoms with E-state index in [9.17, 15) is 18.0 Å². The van der Waals surface area contributed by atoms with Gasteiger partial charge in [0.2, 0.25) is 0 Å². The van der Waals surface area contributed by atoms with Gasteiger partial charge in [-0.25, -0.2) is 0 Å². The number of rotatable bonds is 9. The van der Waals surface area contributed by atoms with Gasteiger partial charge in [-0.3, -0.25) is 4.79 Å². The maximum atomic E-state index is 12.8. The highest BCUT2D eigenvalue weighted by atomic mass is 35.5. The zero-order valence-corrected chi connectivity index (χ0v) is 19.2. The molecule has 1 fully saturated rings. The molecule has 1 aliphatic rings. The van der Waals surface area contributed by atoms with Crippen LogP contribution in [0.3, 0.4) is 0 Å². The highest BCUT2D eigenvalue weighted by Crippen LogP contribution is 2.48. The summed E-state index contributed by atoms with van der Waals surface area (Å²) in [5.74, 6) is 0.0835. The number of esters is 1. The zero-order chi connectivity index (χ0) is 23.5. The minimum absolute atomic E-state index is 0.00202. The van der Waals surface area contributed by atoms with Crippen LogP contribution in [0.15, 0.2) is 36.4 Å². The molecular weight excluding hydrogens is 441 g/mol. The number of hydrogen-bond donors (Lipinski definition) is 0. The molecule has 0 radical (unpaired) electrons. The first-order chi connectivity index (χ1) is 15.1. The molecule has 0 bridgehead atoms. The Morgan fingerprint density at radius 1 is 1.19 bits per heavy atom. The fourth-order valence-corrected chi connectivity index (χ4v) is 3.88. The van der Waals surface area contributed by atoms with Gasteiger partial charge in [0.05, 0.1) is 5.02 Å². The van der Waals surface area contributed by atoms with E-state index in [2.05, 4.69) is 13.8 Å². The predicted molar refractivity (Wildman–Crippen MR) is 119 cm³/mol. The second kappa shape index (κ2) is 10.2. The highest BCUT2D eigenvalue weighted by molar-refractivity contribution is 6.32. The number of ether oxygens (including phenoxy) is 2. The topological polar surface area (TPSA) is 35.5 Å². The Labute approximate surface area is 191 Å². The monoisotopic (exact) mass is 468 g/mol. The maximum absolute atomic E-state index is 12.8. The van der Waals surface area contributed by atoms with Crippen molar-refractivity contribution in [3.63, 3.8) is 0 Å². The number of hydrogen-bond acceptors (Lipinski definition) is 3. The Bertz CT molecular complexity index is 939. The van der Waals surface area contributed by atoms with Crippen molar-refractivity contribution >= 4 is 17.6 Å². The Balaban J connectivity index is 1.88. The second-order valence-electron chi connectivity index (χ2n) is 8.53. The van der Waals surface area contributed by atoms with E-state index in [0.29, 0.717) is 29.9 Å². The molecule has 2 atom stereocenters. The van der Waals surface area contributed by atoms with E-state index in [-0.39, 0.29) is 28.8 Å². The summed E-state index contributed by atoms with van der Waals surface area (Å²) in [7, 11) is 0. The van der Waals surface area contributed by atoms with E-state index in [4.69, 9.17) is 21.1 Å². The number of halogens is 4. The zero-order valence-electron chi connectivity index (χ0n) is 18.5. The van der Waals surface area contributed by atoms with Gasteiger partial charge in [-0.1, -0.05) is 63.1 Å². The van der Waals surface area contributed by atoms with Crippen LogP contribution in [-0.2, 0) is 9.53 Å². The van der Waals surface area contributed by atoms with Crippen molar-refractivity contribution in [2.75, 3.05) is 6.61 Å². The van der Waals surface area contributed by atoms with Crippen molar-refractivity contribution in [1.82, 2.24) is 0 Å². The summed E-state index contributed by atoms with van der Waals surface area (Å²) < 4.78 is 49.1. The molecule has 0 saturated heterocycles. The van der Waals surface area contributed by atoms with E-state index < -0.39 is 12.8 Å². The van der Waals surface area contributed by atoms with Crippen molar-refractivity contribution in [1.29, 1.82) is 0 Å². The Morgan fingerprint density at radius 3 is 2.47 bits per heavy atom. The number of carbonyl (C=O) groups excluding carboxylic acids is 1. The first kappa shape index (κ1) is 24.4.